The van der Waals surface area contributed by atoms with Crippen molar-refractivity contribution in [1.82, 2.24) is 0 Å². The Balaban J connectivity index is 2.71. The SMILES string of the molecule is CC(C)C(N)C(=O)Oc1ccccc1Cl. The van der Waals surface area contributed by atoms with Crippen LogP contribution in [0.15, 0.2) is 24.3 Å². The van der Waals surface area contributed by atoms with Gasteiger partial charge in [-0.1, -0.05) is 37.6 Å². The fraction of sp³-hybridized carbons (Fsp3) is 0.364. The van der Waals surface area contributed by atoms with Crippen LogP contribution < -0.4 is 10.5 Å². The van der Waals surface area contributed by atoms with Gasteiger partial charge in [0.25, 0.3) is 0 Å². The minimum Gasteiger partial charge on any atom is -0.424 e. The molecule has 1 rings (SSSR count). The summed E-state index contributed by atoms with van der Waals surface area (Å²) in [7, 11) is 0. The number of benzene rings is 1. The maximum Gasteiger partial charge on any atom is 0.328 e. The number of halogens is 1. The van der Waals surface area contributed by atoms with E-state index in [1.165, 1.54) is 0 Å². The van der Waals surface area contributed by atoms with E-state index in [1.807, 2.05) is 13.8 Å². The number of carbonyl (C=O) groups is 1. The van der Waals surface area contributed by atoms with Crippen molar-refractivity contribution in [2.75, 3.05) is 0 Å². The van der Waals surface area contributed by atoms with Gasteiger partial charge in [-0.3, -0.25) is 0 Å². The third kappa shape index (κ3) is 3.22. The maximum atomic E-state index is 11.5. The zero-order valence-electron chi connectivity index (χ0n) is 8.74. The number of nitrogens with two attached hydrogens (primary N) is 1. The fourth-order valence-corrected chi connectivity index (χ4v) is 1.15. The Labute approximate surface area is 94.2 Å². The molecule has 0 fully saturated rings. The molecule has 0 saturated carbocycles. The lowest BCUT2D eigenvalue weighted by molar-refractivity contribution is -0.136. The van der Waals surface area contributed by atoms with Crippen LogP contribution >= 0.6 is 11.6 Å². The maximum absolute atomic E-state index is 11.5. The van der Waals surface area contributed by atoms with Crippen LogP contribution in [0.3, 0.4) is 0 Å². The first-order chi connectivity index (χ1) is 7.02. The van der Waals surface area contributed by atoms with Crippen LogP contribution in [0.25, 0.3) is 0 Å². The monoisotopic (exact) mass is 227 g/mol. The van der Waals surface area contributed by atoms with Crippen molar-refractivity contribution in [3.63, 3.8) is 0 Å². The van der Waals surface area contributed by atoms with Crippen LogP contribution in [0.4, 0.5) is 0 Å². The van der Waals surface area contributed by atoms with Crippen molar-refractivity contribution in [2.45, 2.75) is 19.9 Å². The predicted molar refractivity (Wildman–Crippen MR) is 59.9 cm³/mol. The van der Waals surface area contributed by atoms with Crippen LogP contribution in [0, 0.1) is 5.92 Å². The predicted octanol–water partition coefficient (Wildman–Crippen LogP) is 2.23. The number of ether oxygens (including phenoxy) is 1. The molecule has 1 unspecified atom stereocenters. The van der Waals surface area contributed by atoms with Crippen molar-refractivity contribution in [2.24, 2.45) is 11.7 Å². The van der Waals surface area contributed by atoms with Crippen LogP contribution in [-0.4, -0.2) is 12.0 Å². The Morgan fingerprint density at radius 2 is 2.00 bits per heavy atom. The van der Waals surface area contributed by atoms with E-state index in [4.69, 9.17) is 22.1 Å². The molecule has 0 aliphatic heterocycles. The molecule has 0 aliphatic rings. The molecule has 15 heavy (non-hydrogen) atoms. The number of carbonyl (C=O) groups excluding carboxylic acids is 1. The van der Waals surface area contributed by atoms with Crippen LogP contribution in [0.2, 0.25) is 5.02 Å². The van der Waals surface area contributed by atoms with Gasteiger partial charge in [0.1, 0.15) is 11.8 Å². The summed E-state index contributed by atoms with van der Waals surface area (Å²) < 4.78 is 5.07. The van der Waals surface area contributed by atoms with Gasteiger partial charge in [0, 0.05) is 0 Å². The van der Waals surface area contributed by atoms with Gasteiger partial charge in [-0.2, -0.15) is 0 Å². The highest BCUT2D eigenvalue weighted by molar-refractivity contribution is 6.32. The lowest BCUT2D eigenvalue weighted by Gasteiger charge is -2.14. The number of hydrogen-bond donors (Lipinski definition) is 1. The minimum atomic E-state index is -0.624. The molecule has 1 aromatic carbocycles. The van der Waals surface area contributed by atoms with Gasteiger partial charge in [0.05, 0.1) is 5.02 Å². The standard InChI is InChI=1S/C11H14ClNO2/c1-7(2)10(13)11(14)15-9-6-4-3-5-8(9)12/h3-7,10H,13H2,1-2H3. The quantitative estimate of drug-likeness (QED) is 0.637. The second-order valence-electron chi connectivity index (χ2n) is 3.62. The Kier molecular flexibility index (Phi) is 4.12. The molecular weight excluding hydrogens is 214 g/mol. The molecule has 0 aromatic heterocycles. The molecule has 0 amide bonds. The number of esters is 1. The molecule has 1 atom stereocenters. The first-order valence-electron chi connectivity index (χ1n) is 4.74. The topological polar surface area (TPSA) is 52.3 Å². The summed E-state index contributed by atoms with van der Waals surface area (Å²) in [4.78, 5) is 11.5. The van der Waals surface area contributed by atoms with Gasteiger partial charge < -0.3 is 10.5 Å². The third-order valence-corrected chi connectivity index (χ3v) is 2.35. The fourth-order valence-electron chi connectivity index (χ4n) is 0.976. The van der Waals surface area contributed by atoms with Gasteiger partial charge >= 0.3 is 5.97 Å². The molecule has 2 N–H and O–H groups in total. The summed E-state index contributed by atoms with van der Waals surface area (Å²) >= 11 is 5.83. The van der Waals surface area contributed by atoms with Crippen molar-refractivity contribution in [1.29, 1.82) is 0 Å². The lowest BCUT2D eigenvalue weighted by Crippen LogP contribution is -2.38. The van der Waals surface area contributed by atoms with E-state index in [0.29, 0.717) is 10.8 Å². The Bertz CT molecular complexity index is 352. The molecule has 0 heterocycles. The first kappa shape index (κ1) is 12.0. The number of rotatable bonds is 3. The van der Waals surface area contributed by atoms with Crippen molar-refractivity contribution < 1.29 is 9.53 Å². The molecule has 4 heteroatoms. The Morgan fingerprint density at radius 3 is 2.53 bits per heavy atom. The average Bonchev–Trinajstić information content (AvgIpc) is 2.20. The zero-order chi connectivity index (χ0) is 11.4. The Hall–Kier alpha value is -1.06. The van der Waals surface area contributed by atoms with Crippen molar-refractivity contribution in [3.05, 3.63) is 29.3 Å². The van der Waals surface area contributed by atoms with Gasteiger partial charge in [0.2, 0.25) is 0 Å². The van der Waals surface area contributed by atoms with Gasteiger partial charge in [-0.15, -0.1) is 0 Å². The van der Waals surface area contributed by atoms with E-state index < -0.39 is 12.0 Å². The van der Waals surface area contributed by atoms with E-state index in [9.17, 15) is 4.79 Å². The van der Waals surface area contributed by atoms with Crippen LogP contribution in [-0.2, 0) is 4.79 Å². The summed E-state index contributed by atoms with van der Waals surface area (Å²) in [6.45, 7) is 3.72. The highest BCUT2D eigenvalue weighted by Crippen LogP contribution is 2.23. The second kappa shape index (κ2) is 5.14. The minimum absolute atomic E-state index is 0.0417. The van der Waals surface area contributed by atoms with Crippen molar-refractivity contribution >= 4 is 17.6 Å². The molecule has 0 saturated heterocycles. The summed E-state index contributed by atoms with van der Waals surface area (Å²) in [5.74, 6) is -0.0710. The molecule has 0 bridgehead atoms. The zero-order valence-corrected chi connectivity index (χ0v) is 9.49. The van der Waals surface area contributed by atoms with Gasteiger partial charge in [0.15, 0.2) is 0 Å². The summed E-state index contributed by atoms with van der Waals surface area (Å²) in [5, 5.41) is 0.404. The van der Waals surface area contributed by atoms with Gasteiger partial charge in [-0.05, 0) is 18.1 Å². The molecule has 3 nitrogen and oxygen atoms in total. The van der Waals surface area contributed by atoms with E-state index in [2.05, 4.69) is 0 Å². The molecule has 82 valence electrons. The van der Waals surface area contributed by atoms with Crippen LogP contribution in [0.5, 0.6) is 5.75 Å². The first-order valence-corrected chi connectivity index (χ1v) is 5.12. The second-order valence-corrected chi connectivity index (χ2v) is 4.03. The smallest absolute Gasteiger partial charge is 0.328 e. The molecular formula is C11H14ClNO2. The van der Waals surface area contributed by atoms with E-state index in [1.54, 1.807) is 24.3 Å². The highest BCUT2D eigenvalue weighted by atomic mass is 35.5. The normalized spacial score (nSPS) is 12.6. The third-order valence-electron chi connectivity index (χ3n) is 2.04. The summed E-state index contributed by atoms with van der Waals surface area (Å²) in [6, 6.07) is 6.18. The highest BCUT2D eigenvalue weighted by Gasteiger charge is 2.20. The summed E-state index contributed by atoms with van der Waals surface area (Å²) in [6.07, 6.45) is 0. The average molecular weight is 228 g/mol. The van der Waals surface area contributed by atoms with Crippen molar-refractivity contribution in [3.8, 4) is 5.75 Å². The summed E-state index contributed by atoms with van der Waals surface area (Å²) in [5.41, 5.74) is 5.64. The number of para-hydroxylation sites is 1. The molecule has 0 radical (unpaired) electrons. The van der Waals surface area contributed by atoms with E-state index >= 15 is 0 Å². The Morgan fingerprint density at radius 1 is 1.40 bits per heavy atom. The number of hydrogen-bond acceptors (Lipinski definition) is 3. The molecule has 1 aromatic rings. The van der Waals surface area contributed by atoms with Gasteiger partial charge in [-0.25, -0.2) is 4.79 Å². The molecule has 0 spiro atoms. The van der Waals surface area contributed by atoms with E-state index in [0.717, 1.165) is 0 Å². The lowest BCUT2D eigenvalue weighted by atomic mass is 10.1. The molecule has 0 aliphatic carbocycles. The van der Waals surface area contributed by atoms with E-state index in [-0.39, 0.29) is 5.92 Å². The largest absolute Gasteiger partial charge is 0.424 e. The van der Waals surface area contributed by atoms with Crippen LogP contribution in [0.1, 0.15) is 13.8 Å².